The highest BCUT2D eigenvalue weighted by molar-refractivity contribution is 5.96. The lowest BCUT2D eigenvalue weighted by atomic mass is 10.1. The van der Waals surface area contributed by atoms with Gasteiger partial charge in [-0.2, -0.15) is 0 Å². The van der Waals surface area contributed by atoms with Crippen molar-refractivity contribution >= 4 is 28.2 Å². The van der Waals surface area contributed by atoms with E-state index < -0.39 is 11.0 Å². The molecule has 2 aromatic carbocycles. The number of nitro groups is 1. The zero-order valence-corrected chi connectivity index (χ0v) is 10.5. The van der Waals surface area contributed by atoms with E-state index in [9.17, 15) is 14.9 Å². The molecule has 7 heteroatoms. The van der Waals surface area contributed by atoms with Gasteiger partial charge in [-0.25, -0.2) is 4.79 Å². The number of nitrogens with zero attached hydrogens (tertiary/aromatic N) is 1. The van der Waals surface area contributed by atoms with Crippen LogP contribution in [0.2, 0.25) is 0 Å². The molecule has 0 heterocycles. The number of anilines is 1. The molecule has 20 heavy (non-hydrogen) atoms. The largest absolute Gasteiger partial charge is 0.448 e. The van der Waals surface area contributed by atoms with Gasteiger partial charge in [0.2, 0.25) is 0 Å². The van der Waals surface area contributed by atoms with Gasteiger partial charge in [0.05, 0.1) is 10.3 Å². The van der Waals surface area contributed by atoms with Crippen molar-refractivity contribution < 1.29 is 14.5 Å². The molecule has 0 aliphatic carbocycles. The minimum absolute atomic E-state index is 0.00201. The summed E-state index contributed by atoms with van der Waals surface area (Å²) in [6.45, 7) is 0.279. The summed E-state index contributed by atoms with van der Waals surface area (Å²) in [4.78, 5) is 21.2. The highest BCUT2D eigenvalue weighted by atomic mass is 16.6. The second-order valence-electron chi connectivity index (χ2n) is 4.03. The van der Waals surface area contributed by atoms with Gasteiger partial charge in [-0.05, 0) is 17.5 Å². The summed E-state index contributed by atoms with van der Waals surface area (Å²) < 4.78 is 4.56. The van der Waals surface area contributed by atoms with Crippen molar-refractivity contribution in [3.05, 3.63) is 46.5 Å². The molecular weight excluding hydrogens is 262 g/mol. The van der Waals surface area contributed by atoms with Gasteiger partial charge in [-0.15, -0.1) is 0 Å². The average molecular weight is 275 g/mol. The minimum Gasteiger partial charge on any atom is -0.448 e. The fraction of sp³-hybridized carbons (Fsp3) is 0.154. The number of nitrogens with one attached hydrogen (secondary N) is 1. The van der Waals surface area contributed by atoms with Crippen LogP contribution >= 0.6 is 0 Å². The first-order valence-corrected chi connectivity index (χ1v) is 5.92. The second kappa shape index (κ2) is 5.87. The Morgan fingerprint density at radius 3 is 2.75 bits per heavy atom. The lowest BCUT2D eigenvalue weighted by Gasteiger charge is -2.09. The zero-order valence-electron chi connectivity index (χ0n) is 10.5. The van der Waals surface area contributed by atoms with Crippen LogP contribution in [-0.2, 0) is 4.74 Å². The van der Waals surface area contributed by atoms with Crippen LogP contribution in [0.25, 0.3) is 10.8 Å². The standard InChI is InChI=1S/C13H13N3O4/c14-13(17)20-8-7-15-11-6-5-9-3-1-2-4-10(9)12(11)16(18)19/h1-6,15H,7-8H2,(H2,14,17). The Hall–Kier alpha value is -2.83. The number of nitrogens with two attached hydrogens (primary N) is 1. The predicted octanol–water partition coefficient (Wildman–Crippen LogP) is 2.26. The van der Waals surface area contributed by atoms with Crippen molar-refractivity contribution in [2.24, 2.45) is 5.73 Å². The number of fused-ring (bicyclic) bond motifs is 1. The van der Waals surface area contributed by atoms with Crippen molar-refractivity contribution in [1.82, 2.24) is 0 Å². The molecule has 0 fully saturated rings. The molecule has 0 radical (unpaired) electrons. The lowest BCUT2D eigenvalue weighted by molar-refractivity contribution is -0.382. The molecule has 0 spiro atoms. The van der Waals surface area contributed by atoms with Crippen molar-refractivity contribution in [1.29, 1.82) is 0 Å². The van der Waals surface area contributed by atoms with Crippen LogP contribution in [0.3, 0.4) is 0 Å². The molecule has 0 unspecified atom stereocenters. The Balaban J connectivity index is 2.26. The van der Waals surface area contributed by atoms with Crippen LogP contribution in [-0.4, -0.2) is 24.2 Å². The van der Waals surface area contributed by atoms with E-state index in [1.165, 1.54) is 0 Å². The van der Waals surface area contributed by atoms with Crippen molar-refractivity contribution in [2.45, 2.75) is 0 Å². The summed E-state index contributed by atoms with van der Waals surface area (Å²) in [5, 5.41) is 15.4. The maximum absolute atomic E-state index is 11.2. The molecule has 1 amide bonds. The molecule has 3 N–H and O–H groups in total. The number of benzene rings is 2. The highest BCUT2D eigenvalue weighted by Gasteiger charge is 2.17. The maximum atomic E-state index is 11.2. The van der Waals surface area contributed by atoms with Gasteiger partial charge in [0.1, 0.15) is 12.3 Å². The van der Waals surface area contributed by atoms with Crippen LogP contribution in [0.4, 0.5) is 16.2 Å². The van der Waals surface area contributed by atoms with Gasteiger partial charge >= 0.3 is 6.09 Å². The summed E-state index contributed by atoms with van der Waals surface area (Å²) in [5.41, 5.74) is 5.21. The number of amides is 1. The van der Waals surface area contributed by atoms with Gasteiger partial charge in [-0.1, -0.05) is 24.3 Å². The van der Waals surface area contributed by atoms with E-state index in [0.29, 0.717) is 11.1 Å². The summed E-state index contributed by atoms with van der Waals surface area (Å²) in [7, 11) is 0. The maximum Gasteiger partial charge on any atom is 0.404 e. The number of carbonyl (C=O) groups excluding carboxylic acids is 1. The predicted molar refractivity (Wildman–Crippen MR) is 74.6 cm³/mol. The SMILES string of the molecule is NC(=O)OCCNc1ccc2ccccc2c1[N+](=O)[O-]. The number of primary amides is 1. The quantitative estimate of drug-likeness (QED) is 0.494. The summed E-state index contributed by atoms with van der Waals surface area (Å²) in [6.07, 6.45) is -0.875. The van der Waals surface area contributed by atoms with E-state index >= 15 is 0 Å². The molecule has 0 aliphatic heterocycles. The van der Waals surface area contributed by atoms with E-state index in [4.69, 9.17) is 5.73 Å². The first-order chi connectivity index (χ1) is 9.59. The number of nitro benzene ring substituents is 1. The van der Waals surface area contributed by atoms with E-state index in [1.54, 1.807) is 24.3 Å². The fourth-order valence-corrected chi connectivity index (χ4v) is 1.93. The zero-order chi connectivity index (χ0) is 14.5. The van der Waals surface area contributed by atoms with Crippen molar-refractivity contribution in [3.8, 4) is 0 Å². The highest BCUT2D eigenvalue weighted by Crippen LogP contribution is 2.33. The van der Waals surface area contributed by atoms with Crippen LogP contribution in [0, 0.1) is 10.1 Å². The molecule has 0 aromatic heterocycles. The molecule has 0 atom stereocenters. The normalized spacial score (nSPS) is 10.2. The number of ether oxygens (including phenoxy) is 1. The van der Waals surface area contributed by atoms with E-state index in [2.05, 4.69) is 10.1 Å². The van der Waals surface area contributed by atoms with E-state index in [0.717, 1.165) is 5.39 Å². The number of hydrogen-bond donors (Lipinski definition) is 2. The van der Waals surface area contributed by atoms with Gasteiger partial charge < -0.3 is 15.8 Å². The molecule has 0 saturated carbocycles. The second-order valence-corrected chi connectivity index (χ2v) is 4.03. The summed E-state index contributed by atoms with van der Waals surface area (Å²) in [5.74, 6) is 0. The smallest absolute Gasteiger partial charge is 0.404 e. The average Bonchev–Trinajstić information content (AvgIpc) is 2.42. The van der Waals surface area contributed by atoms with Crippen LogP contribution in [0.5, 0.6) is 0 Å². The molecular formula is C13H13N3O4. The molecule has 104 valence electrons. The molecule has 0 aliphatic rings. The van der Waals surface area contributed by atoms with Gasteiger partial charge in [0.25, 0.3) is 5.69 Å². The number of rotatable bonds is 5. The van der Waals surface area contributed by atoms with Gasteiger partial charge in [-0.3, -0.25) is 10.1 Å². The molecule has 2 aromatic rings. The van der Waals surface area contributed by atoms with Crippen LogP contribution in [0.15, 0.2) is 36.4 Å². The van der Waals surface area contributed by atoms with E-state index in [1.807, 2.05) is 12.1 Å². The first-order valence-electron chi connectivity index (χ1n) is 5.92. The van der Waals surface area contributed by atoms with Crippen LogP contribution < -0.4 is 11.1 Å². The summed E-state index contributed by atoms with van der Waals surface area (Å²) in [6, 6.07) is 10.5. The Morgan fingerprint density at radius 2 is 2.05 bits per heavy atom. The van der Waals surface area contributed by atoms with E-state index in [-0.39, 0.29) is 18.8 Å². The molecule has 0 saturated heterocycles. The van der Waals surface area contributed by atoms with Gasteiger partial charge in [0.15, 0.2) is 0 Å². The van der Waals surface area contributed by atoms with Crippen LogP contribution in [0.1, 0.15) is 0 Å². The Morgan fingerprint density at radius 1 is 1.30 bits per heavy atom. The topological polar surface area (TPSA) is 107 Å². The third-order valence-electron chi connectivity index (χ3n) is 2.74. The Labute approximate surface area is 114 Å². The lowest BCUT2D eigenvalue weighted by Crippen LogP contribution is -2.18. The fourth-order valence-electron chi connectivity index (χ4n) is 1.93. The monoisotopic (exact) mass is 275 g/mol. The molecule has 2 rings (SSSR count). The van der Waals surface area contributed by atoms with Crippen molar-refractivity contribution in [2.75, 3.05) is 18.5 Å². The van der Waals surface area contributed by atoms with Gasteiger partial charge in [0, 0.05) is 6.54 Å². The minimum atomic E-state index is -0.875. The summed E-state index contributed by atoms with van der Waals surface area (Å²) >= 11 is 0. The number of carbonyl (C=O) groups is 1. The first kappa shape index (κ1) is 13.6. The molecule has 0 bridgehead atoms. The number of hydrogen-bond acceptors (Lipinski definition) is 5. The Bertz CT molecular complexity index is 657. The molecule has 7 nitrogen and oxygen atoms in total. The third kappa shape index (κ3) is 2.94. The Kier molecular flexibility index (Phi) is 3.99. The van der Waals surface area contributed by atoms with Crippen molar-refractivity contribution in [3.63, 3.8) is 0 Å². The third-order valence-corrected chi connectivity index (χ3v) is 2.74.